The van der Waals surface area contributed by atoms with Crippen LogP contribution in [0.2, 0.25) is 0 Å². The van der Waals surface area contributed by atoms with Crippen LogP contribution in [0.15, 0.2) is 106 Å². The van der Waals surface area contributed by atoms with Crippen LogP contribution < -0.4 is 10.2 Å². The molecule has 2 aliphatic rings. The molecule has 0 aliphatic carbocycles. The molecule has 4 aromatic carbocycles. The zero-order valence-corrected chi connectivity index (χ0v) is 21.8. The predicted molar refractivity (Wildman–Crippen MR) is 151 cm³/mol. The van der Waals surface area contributed by atoms with Crippen LogP contribution in [-0.4, -0.2) is 28.0 Å². The summed E-state index contributed by atoms with van der Waals surface area (Å²) < 4.78 is 11.3. The van der Waals surface area contributed by atoms with Gasteiger partial charge in [0.05, 0.1) is 16.5 Å². The van der Waals surface area contributed by atoms with E-state index in [1.54, 1.807) is 36.4 Å². The van der Waals surface area contributed by atoms with Crippen LogP contribution in [0.3, 0.4) is 0 Å². The van der Waals surface area contributed by atoms with Gasteiger partial charge in [-0.2, -0.15) is 0 Å². The largest absolute Gasteiger partial charge is 0.436 e. The fraction of sp³-hybridized carbons (Fsp3) is 0.0968. The number of aromatic nitrogens is 1. The molecule has 7 rings (SSSR count). The van der Waals surface area contributed by atoms with Crippen molar-refractivity contribution in [2.75, 3.05) is 10.2 Å². The van der Waals surface area contributed by atoms with Crippen LogP contribution in [0, 0.1) is 0 Å². The molecule has 40 heavy (non-hydrogen) atoms. The van der Waals surface area contributed by atoms with Gasteiger partial charge < -0.3 is 14.5 Å². The first kappa shape index (κ1) is 24.2. The summed E-state index contributed by atoms with van der Waals surface area (Å²) in [4.78, 5) is 44.8. The Bertz CT molecular complexity index is 1750. The lowest BCUT2D eigenvalue weighted by atomic mass is 10.1. The van der Waals surface area contributed by atoms with Crippen molar-refractivity contribution in [3.8, 4) is 11.5 Å². The molecule has 3 heterocycles. The molecule has 0 spiro atoms. The monoisotopic (exact) mass is 547 g/mol. The number of anilines is 2. The molecule has 0 radical (unpaired) electrons. The number of amides is 2. The Morgan fingerprint density at radius 2 is 1.60 bits per heavy atom. The number of carbonyl (C=O) groups is 3. The number of hydrogen-bond acceptors (Lipinski definition) is 8. The Morgan fingerprint density at radius 1 is 0.850 bits per heavy atom. The number of oxazole rings is 1. The lowest BCUT2D eigenvalue weighted by molar-refractivity contribution is -0.121. The minimum atomic E-state index is -0.557. The first-order chi connectivity index (χ1) is 19.5. The first-order valence-electron chi connectivity index (χ1n) is 12.7. The molecule has 196 valence electrons. The van der Waals surface area contributed by atoms with E-state index in [1.807, 2.05) is 60.7 Å². The van der Waals surface area contributed by atoms with E-state index in [1.165, 1.54) is 16.7 Å². The molecule has 0 bridgehead atoms. The van der Waals surface area contributed by atoms with Gasteiger partial charge in [0.15, 0.2) is 5.58 Å². The second kappa shape index (κ2) is 9.69. The zero-order chi connectivity index (χ0) is 27.2. The number of rotatable bonds is 6. The highest BCUT2D eigenvalue weighted by Gasteiger charge is 2.40. The third kappa shape index (κ3) is 4.30. The Kier molecular flexibility index (Phi) is 5.86. The van der Waals surface area contributed by atoms with Crippen molar-refractivity contribution in [2.45, 2.75) is 22.8 Å². The van der Waals surface area contributed by atoms with Gasteiger partial charge in [-0.05, 0) is 66.7 Å². The Hall–Kier alpha value is -4.89. The van der Waals surface area contributed by atoms with Gasteiger partial charge in [-0.3, -0.25) is 9.59 Å². The summed E-state index contributed by atoms with van der Waals surface area (Å²) in [5.41, 5.74) is 4.86. The average Bonchev–Trinajstić information content (AvgIpc) is 3.63. The lowest BCUT2D eigenvalue weighted by Crippen LogP contribution is -2.31. The molecule has 2 atom stereocenters. The van der Waals surface area contributed by atoms with Gasteiger partial charge in [0, 0.05) is 28.1 Å². The molecular weight excluding hydrogens is 526 g/mol. The minimum Gasteiger partial charge on any atom is -0.436 e. The van der Waals surface area contributed by atoms with E-state index < -0.39 is 11.5 Å². The molecule has 0 saturated carbocycles. The van der Waals surface area contributed by atoms with E-state index in [0.29, 0.717) is 22.7 Å². The Morgan fingerprint density at radius 3 is 2.40 bits per heavy atom. The number of nitrogens with zero attached hydrogens (tertiary/aromatic N) is 2. The van der Waals surface area contributed by atoms with Crippen LogP contribution in [0.4, 0.5) is 11.4 Å². The fourth-order valence-corrected chi connectivity index (χ4v) is 5.97. The highest BCUT2D eigenvalue weighted by molar-refractivity contribution is 8.00. The fourth-order valence-electron chi connectivity index (χ4n) is 4.91. The van der Waals surface area contributed by atoms with Gasteiger partial charge in [-0.1, -0.05) is 30.3 Å². The third-order valence-corrected chi connectivity index (χ3v) is 8.09. The average molecular weight is 548 g/mol. The molecule has 1 fully saturated rings. The summed E-state index contributed by atoms with van der Waals surface area (Å²) in [6.07, 6.45) is -0.440. The maximum atomic E-state index is 13.2. The van der Waals surface area contributed by atoms with Crippen molar-refractivity contribution < 1.29 is 23.5 Å². The molecule has 5 aromatic rings. The maximum absolute atomic E-state index is 13.2. The van der Waals surface area contributed by atoms with Crippen LogP contribution in [0.25, 0.3) is 22.6 Å². The Labute approximate surface area is 233 Å². The van der Waals surface area contributed by atoms with Gasteiger partial charge in [-0.15, -0.1) is 11.8 Å². The number of fused-ring (bicyclic) bond motifs is 2. The molecular formula is C31H21N3O5S. The SMILES string of the molecule is O=C1OC(Nc2ccc(SC3CC(=O)N(c4ccc(-c5nc6ccccc6o5)cc4)C3=O)cc2)c2ccccc21. The lowest BCUT2D eigenvalue weighted by Gasteiger charge is -2.16. The normalized spacial score (nSPS) is 18.3. The zero-order valence-electron chi connectivity index (χ0n) is 20.9. The highest BCUT2D eigenvalue weighted by atomic mass is 32.2. The molecule has 1 N–H and O–H groups in total. The Balaban J connectivity index is 1.02. The number of hydrogen-bond donors (Lipinski definition) is 1. The molecule has 8 nitrogen and oxygen atoms in total. The van der Waals surface area contributed by atoms with Crippen LogP contribution >= 0.6 is 11.8 Å². The number of ether oxygens (including phenoxy) is 1. The van der Waals surface area contributed by atoms with E-state index >= 15 is 0 Å². The summed E-state index contributed by atoms with van der Waals surface area (Å²) in [5.74, 6) is -0.359. The number of carbonyl (C=O) groups excluding carboxylic acids is 3. The third-order valence-electron chi connectivity index (χ3n) is 6.89. The van der Waals surface area contributed by atoms with Crippen molar-refractivity contribution in [1.29, 1.82) is 0 Å². The number of thioether (sulfide) groups is 1. The van der Waals surface area contributed by atoms with E-state index in [0.717, 1.165) is 27.2 Å². The van der Waals surface area contributed by atoms with Gasteiger partial charge in [0.25, 0.3) is 0 Å². The number of nitrogens with one attached hydrogen (secondary N) is 1. The van der Waals surface area contributed by atoms with Crippen molar-refractivity contribution >= 4 is 52.0 Å². The molecule has 9 heteroatoms. The standard InChI is InChI=1S/C31H21N3O5S/c35-27-17-26(40-21-15-11-19(12-16-21)32-29-22-5-1-2-6-23(22)31(37)39-29)30(36)34(27)20-13-9-18(10-14-20)28-33-24-7-3-4-8-25(24)38-28/h1-16,26,29,32H,17H2. The number of benzene rings is 4. The highest BCUT2D eigenvalue weighted by Crippen LogP contribution is 2.36. The molecule has 2 unspecified atom stereocenters. The molecule has 1 saturated heterocycles. The number of imide groups is 1. The summed E-state index contributed by atoms with van der Waals surface area (Å²) in [6.45, 7) is 0. The summed E-state index contributed by atoms with van der Waals surface area (Å²) >= 11 is 1.35. The quantitative estimate of drug-likeness (QED) is 0.198. The smallest absolute Gasteiger partial charge is 0.340 e. The van der Waals surface area contributed by atoms with Gasteiger partial charge in [-0.25, -0.2) is 14.7 Å². The van der Waals surface area contributed by atoms with Crippen molar-refractivity contribution in [1.82, 2.24) is 4.98 Å². The van der Waals surface area contributed by atoms with Crippen LogP contribution in [-0.2, 0) is 14.3 Å². The topological polar surface area (TPSA) is 102 Å². The van der Waals surface area contributed by atoms with E-state index in [-0.39, 0.29) is 24.2 Å². The minimum absolute atomic E-state index is 0.116. The predicted octanol–water partition coefficient (Wildman–Crippen LogP) is 6.20. The number of esters is 1. The molecule has 1 aromatic heterocycles. The van der Waals surface area contributed by atoms with E-state index in [2.05, 4.69) is 10.3 Å². The summed E-state index contributed by atoms with van der Waals surface area (Å²) in [5, 5.41) is 2.70. The van der Waals surface area contributed by atoms with Crippen molar-refractivity contribution in [3.63, 3.8) is 0 Å². The van der Waals surface area contributed by atoms with Crippen LogP contribution in [0.5, 0.6) is 0 Å². The molecule has 2 aliphatic heterocycles. The molecule has 2 amide bonds. The second-order valence-corrected chi connectivity index (χ2v) is 10.7. The number of para-hydroxylation sites is 2. The van der Waals surface area contributed by atoms with Gasteiger partial charge >= 0.3 is 5.97 Å². The second-order valence-electron chi connectivity index (χ2n) is 9.45. The maximum Gasteiger partial charge on any atom is 0.340 e. The van der Waals surface area contributed by atoms with E-state index in [4.69, 9.17) is 9.15 Å². The van der Waals surface area contributed by atoms with Gasteiger partial charge in [0.2, 0.25) is 23.9 Å². The van der Waals surface area contributed by atoms with Gasteiger partial charge in [0.1, 0.15) is 5.52 Å². The number of cyclic esters (lactones) is 1. The summed E-state index contributed by atoms with van der Waals surface area (Å²) in [6, 6.07) is 29.4. The van der Waals surface area contributed by atoms with Crippen LogP contribution in [0.1, 0.15) is 28.6 Å². The summed E-state index contributed by atoms with van der Waals surface area (Å²) in [7, 11) is 0. The van der Waals surface area contributed by atoms with E-state index in [9.17, 15) is 14.4 Å². The van der Waals surface area contributed by atoms with Crippen molar-refractivity contribution in [2.24, 2.45) is 0 Å². The van der Waals surface area contributed by atoms with Crippen molar-refractivity contribution in [3.05, 3.63) is 108 Å². The first-order valence-corrected chi connectivity index (χ1v) is 13.6.